The number of ether oxygens (including phenoxy) is 1. The van der Waals surface area contributed by atoms with Gasteiger partial charge in [-0.15, -0.1) is 35.3 Å². The summed E-state index contributed by atoms with van der Waals surface area (Å²) in [5.74, 6) is 2.21. The monoisotopic (exact) mass is 488 g/mol. The molecule has 144 valence electrons. The first kappa shape index (κ1) is 22.7. The predicted octanol–water partition coefficient (Wildman–Crippen LogP) is 4.53. The van der Waals surface area contributed by atoms with Crippen LogP contribution in [-0.2, 0) is 6.54 Å². The number of guanidine groups is 1. The zero-order valence-corrected chi connectivity index (χ0v) is 19.2. The largest absolute Gasteiger partial charge is 0.493 e. The van der Waals surface area contributed by atoms with Crippen LogP contribution in [0.4, 0.5) is 0 Å². The second-order valence-corrected chi connectivity index (χ2v) is 7.73. The Hall–Kier alpha value is -1.35. The molecule has 7 heteroatoms. The molecule has 0 saturated carbocycles. The Morgan fingerprint density at radius 2 is 1.92 bits per heavy atom. The van der Waals surface area contributed by atoms with Gasteiger partial charge in [0.1, 0.15) is 5.75 Å². The van der Waals surface area contributed by atoms with Crippen molar-refractivity contribution in [2.45, 2.75) is 40.3 Å². The maximum absolute atomic E-state index is 5.73. The van der Waals surface area contributed by atoms with Gasteiger partial charge in [-0.3, -0.25) is 4.99 Å². The summed E-state index contributed by atoms with van der Waals surface area (Å²) in [5, 5.41) is 7.82. The van der Waals surface area contributed by atoms with Crippen molar-refractivity contribution in [3.63, 3.8) is 0 Å². The highest BCUT2D eigenvalue weighted by Crippen LogP contribution is 2.18. The molecule has 0 aliphatic rings. The minimum atomic E-state index is 0. The van der Waals surface area contributed by atoms with Gasteiger partial charge in [-0.2, -0.15) is 0 Å². The number of nitrogens with one attached hydrogen (secondary N) is 2. The molecule has 1 heterocycles. The molecule has 5 nitrogen and oxygen atoms in total. The van der Waals surface area contributed by atoms with Crippen molar-refractivity contribution in [2.24, 2.45) is 10.9 Å². The van der Waals surface area contributed by atoms with Crippen LogP contribution in [0.3, 0.4) is 0 Å². The number of hydrogen-bond donors (Lipinski definition) is 2. The summed E-state index contributed by atoms with van der Waals surface area (Å²) >= 11 is 1.69. The lowest BCUT2D eigenvalue weighted by Gasteiger charge is -2.18. The van der Waals surface area contributed by atoms with E-state index >= 15 is 0 Å². The average molecular weight is 488 g/mol. The van der Waals surface area contributed by atoms with Crippen molar-refractivity contribution < 1.29 is 4.74 Å². The van der Waals surface area contributed by atoms with Gasteiger partial charge in [-0.25, -0.2) is 4.98 Å². The van der Waals surface area contributed by atoms with Gasteiger partial charge in [0.25, 0.3) is 0 Å². The zero-order chi connectivity index (χ0) is 18.2. The van der Waals surface area contributed by atoms with Crippen LogP contribution in [-0.4, -0.2) is 24.6 Å². The van der Waals surface area contributed by atoms with Crippen LogP contribution < -0.4 is 15.4 Å². The van der Waals surface area contributed by atoms with Crippen LogP contribution in [0.15, 0.2) is 35.5 Å². The summed E-state index contributed by atoms with van der Waals surface area (Å²) in [6.07, 6.45) is 1.90. The molecular weight excluding hydrogens is 459 g/mol. The van der Waals surface area contributed by atoms with E-state index in [0.717, 1.165) is 29.9 Å². The first-order valence-electron chi connectivity index (χ1n) is 8.59. The molecule has 0 radical (unpaired) electrons. The Balaban J connectivity index is 0.00000338. The number of rotatable bonds is 7. The fourth-order valence-corrected chi connectivity index (χ4v) is 2.99. The molecule has 2 N–H and O–H groups in total. The number of aryl methyl sites for hydroxylation is 1. The second-order valence-electron chi connectivity index (χ2n) is 6.41. The van der Waals surface area contributed by atoms with Crippen LogP contribution in [0.1, 0.15) is 42.3 Å². The third-order valence-corrected chi connectivity index (χ3v) is 4.55. The minimum absolute atomic E-state index is 0. The molecule has 0 bridgehead atoms. The predicted molar refractivity (Wildman–Crippen MR) is 121 cm³/mol. The van der Waals surface area contributed by atoms with E-state index in [4.69, 9.17) is 4.74 Å². The Kier molecular flexibility index (Phi) is 9.93. The van der Waals surface area contributed by atoms with Gasteiger partial charge in [0, 0.05) is 18.1 Å². The first-order chi connectivity index (χ1) is 12.0. The Bertz CT molecular complexity index is 685. The van der Waals surface area contributed by atoms with Gasteiger partial charge in [0.2, 0.25) is 0 Å². The SMILES string of the molecule is CN=C(NCc1cnc(C)s1)NC(C)c1ccc(OCC(C)C)cc1.I. The number of nitrogens with zero attached hydrogens (tertiary/aromatic N) is 2. The average Bonchev–Trinajstić information content (AvgIpc) is 3.02. The van der Waals surface area contributed by atoms with Crippen LogP contribution in [0.2, 0.25) is 0 Å². The van der Waals surface area contributed by atoms with Crippen molar-refractivity contribution in [2.75, 3.05) is 13.7 Å². The Morgan fingerprint density at radius 1 is 1.23 bits per heavy atom. The number of thiazole rings is 1. The summed E-state index contributed by atoms with van der Waals surface area (Å²) in [6, 6.07) is 8.37. The van der Waals surface area contributed by atoms with Gasteiger partial charge in [0.05, 0.1) is 24.2 Å². The number of aromatic nitrogens is 1. The molecule has 0 spiro atoms. The van der Waals surface area contributed by atoms with Crippen LogP contribution in [0, 0.1) is 12.8 Å². The molecule has 0 amide bonds. The Labute approximate surface area is 177 Å². The topological polar surface area (TPSA) is 58.5 Å². The van der Waals surface area contributed by atoms with Gasteiger partial charge in [0.15, 0.2) is 5.96 Å². The molecule has 2 aromatic rings. The molecule has 2 rings (SSSR count). The van der Waals surface area contributed by atoms with E-state index in [0.29, 0.717) is 5.92 Å². The number of aliphatic imine (C=N–C) groups is 1. The van der Waals surface area contributed by atoms with E-state index in [2.05, 4.69) is 53.5 Å². The highest BCUT2D eigenvalue weighted by Gasteiger charge is 2.09. The molecule has 1 atom stereocenters. The van der Waals surface area contributed by atoms with Gasteiger partial charge >= 0.3 is 0 Å². The van der Waals surface area contributed by atoms with E-state index < -0.39 is 0 Å². The molecule has 1 unspecified atom stereocenters. The highest BCUT2D eigenvalue weighted by molar-refractivity contribution is 14.0. The van der Waals surface area contributed by atoms with Gasteiger partial charge in [-0.1, -0.05) is 26.0 Å². The van der Waals surface area contributed by atoms with E-state index in [9.17, 15) is 0 Å². The van der Waals surface area contributed by atoms with Crippen LogP contribution in [0.5, 0.6) is 5.75 Å². The lowest BCUT2D eigenvalue weighted by molar-refractivity contribution is 0.271. The molecule has 0 aliphatic carbocycles. The fraction of sp³-hybridized carbons (Fsp3) is 0.474. The van der Waals surface area contributed by atoms with Crippen LogP contribution in [0.25, 0.3) is 0 Å². The molecule has 0 aliphatic heterocycles. The second kappa shape index (κ2) is 11.4. The Morgan fingerprint density at radius 3 is 2.46 bits per heavy atom. The molecule has 1 aromatic heterocycles. The first-order valence-corrected chi connectivity index (χ1v) is 9.40. The molecule has 0 saturated heterocycles. The summed E-state index contributed by atoms with van der Waals surface area (Å²) < 4.78 is 5.73. The van der Waals surface area contributed by atoms with Crippen molar-refractivity contribution in [3.8, 4) is 5.75 Å². The molecular formula is C19H29IN4OS. The highest BCUT2D eigenvalue weighted by atomic mass is 127. The third kappa shape index (κ3) is 7.49. The van der Waals surface area contributed by atoms with Crippen molar-refractivity contribution in [3.05, 3.63) is 45.9 Å². The van der Waals surface area contributed by atoms with E-state index in [1.807, 2.05) is 25.3 Å². The van der Waals surface area contributed by atoms with Crippen molar-refractivity contribution in [1.29, 1.82) is 0 Å². The van der Waals surface area contributed by atoms with Crippen LogP contribution >= 0.6 is 35.3 Å². The normalized spacial score (nSPS) is 12.5. The quantitative estimate of drug-likeness (QED) is 0.342. The maximum Gasteiger partial charge on any atom is 0.191 e. The van der Waals surface area contributed by atoms with E-state index in [1.165, 1.54) is 10.4 Å². The lowest BCUT2D eigenvalue weighted by atomic mass is 10.1. The zero-order valence-electron chi connectivity index (χ0n) is 16.1. The van der Waals surface area contributed by atoms with E-state index in [-0.39, 0.29) is 30.0 Å². The summed E-state index contributed by atoms with van der Waals surface area (Å²) in [6.45, 7) is 9.88. The number of hydrogen-bond acceptors (Lipinski definition) is 4. The van der Waals surface area contributed by atoms with Gasteiger partial charge < -0.3 is 15.4 Å². The summed E-state index contributed by atoms with van der Waals surface area (Å²) in [5.41, 5.74) is 1.19. The number of halogens is 1. The standard InChI is InChI=1S/C19H28N4OS.HI/c1-13(2)12-24-17-8-6-16(7-9-17)14(3)23-19(20-5)22-11-18-10-21-15(4)25-18;/h6-10,13-14H,11-12H2,1-5H3,(H2,20,22,23);1H. The fourth-order valence-electron chi connectivity index (χ4n) is 2.26. The van der Waals surface area contributed by atoms with Crippen molar-refractivity contribution in [1.82, 2.24) is 15.6 Å². The minimum Gasteiger partial charge on any atom is -0.493 e. The number of benzene rings is 1. The third-order valence-electron chi connectivity index (χ3n) is 3.64. The smallest absolute Gasteiger partial charge is 0.191 e. The van der Waals surface area contributed by atoms with Crippen molar-refractivity contribution >= 4 is 41.3 Å². The van der Waals surface area contributed by atoms with E-state index in [1.54, 1.807) is 18.4 Å². The van der Waals surface area contributed by atoms with Gasteiger partial charge in [-0.05, 0) is 37.5 Å². The summed E-state index contributed by atoms with van der Waals surface area (Å²) in [7, 11) is 1.78. The molecule has 1 aromatic carbocycles. The lowest BCUT2D eigenvalue weighted by Crippen LogP contribution is -2.38. The molecule has 0 fully saturated rings. The summed E-state index contributed by atoms with van der Waals surface area (Å²) in [4.78, 5) is 9.76. The maximum atomic E-state index is 5.73. The molecule has 26 heavy (non-hydrogen) atoms.